The van der Waals surface area contributed by atoms with E-state index < -0.39 is 0 Å². The zero-order chi connectivity index (χ0) is 14.1. The Bertz CT molecular complexity index is 700. The molecule has 0 unspecified atom stereocenters. The molecular weight excluding hydrogens is 246 g/mol. The highest BCUT2D eigenvalue weighted by Crippen LogP contribution is 2.18. The number of imidazole rings is 1. The molecule has 3 aromatic rings. The van der Waals surface area contributed by atoms with Crippen molar-refractivity contribution in [2.24, 2.45) is 0 Å². The molecule has 102 valence electrons. The Hall–Kier alpha value is -2.29. The fourth-order valence-electron chi connectivity index (χ4n) is 2.39. The topological polar surface area (TPSA) is 54.7 Å². The van der Waals surface area contributed by atoms with Crippen molar-refractivity contribution in [3.63, 3.8) is 0 Å². The highest BCUT2D eigenvalue weighted by Gasteiger charge is 2.05. The molecule has 0 fully saturated rings. The van der Waals surface area contributed by atoms with Gasteiger partial charge in [-0.25, -0.2) is 4.98 Å². The standard InChI is InChI=1S/C17H19N3/c1-11-9-15-16(10-12(11)2)20-17(19-15)8-5-13-3-6-14(18)7-4-13/h3-4,6-7,9-10H,5,8,18H2,1-2H3,(H,19,20). The summed E-state index contributed by atoms with van der Waals surface area (Å²) in [5, 5.41) is 0. The molecule has 0 amide bonds. The number of aromatic amines is 1. The summed E-state index contributed by atoms with van der Waals surface area (Å²) in [6, 6.07) is 12.4. The molecule has 0 saturated heterocycles. The van der Waals surface area contributed by atoms with E-state index >= 15 is 0 Å². The summed E-state index contributed by atoms with van der Waals surface area (Å²) in [6.07, 6.45) is 1.88. The highest BCUT2D eigenvalue weighted by atomic mass is 14.9. The van der Waals surface area contributed by atoms with E-state index in [1.54, 1.807) is 0 Å². The van der Waals surface area contributed by atoms with Gasteiger partial charge in [0.15, 0.2) is 0 Å². The number of nitrogens with one attached hydrogen (secondary N) is 1. The molecule has 0 aliphatic heterocycles. The Kier molecular flexibility index (Phi) is 3.18. The van der Waals surface area contributed by atoms with Gasteiger partial charge in [0.25, 0.3) is 0 Å². The Morgan fingerprint density at radius 2 is 1.70 bits per heavy atom. The summed E-state index contributed by atoms with van der Waals surface area (Å²) in [7, 11) is 0. The van der Waals surface area contributed by atoms with Crippen molar-refractivity contribution < 1.29 is 0 Å². The van der Waals surface area contributed by atoms with Gasteiger partial charge in [0.05, 0.1) is 11.0 Å². The van der Waals surface area contributed by atoms with E-state index in [2.05, 4.69) is 48.1 Å². The van der Waals surface area contributed by atoms with Crippen LogP contribution in [0, 0.1) is 13.8 Å². The van der Waals surface area contributed by atoms with Crippen LogP contribution < -0.4 is 5.73 Å². The van der Waals surface area contributed by atoms with Gasteiger partial charge in [-0.05, 0) is 61.2 Å². The highest BCUT2D eigenvalue weighted by molar-refractivity contribution is 5.77. The lowest BCUT2D eigenvalue weighted by atomic mass is 10.1. The molecule has 20 heavy (non-hydrogen) atoms. The number of nitrogens with two attached hydrogens (primary N) is 1. The second kappa shape index (κ2) is 5.00. The Balaban J connectivity index is 1.79. The summed E-state index contributed by atoms with van der Waals surface area (Å²) in [5.74, 6) is 1.04. The van der Waals surface area contributed by atoms with Crippen LogP contribution >= 0.6 is 0 Å². The second-order valence-electron chi connectivity index (χ2n) is 5.38. The molecule has 0 spiro atoms. The number of aromatic nitrogens is 2. The summed E-state index contributed by atoms with van der Waals surface area (Å²) < 4.78 is 0. The van der Waals surface area contributed by atoms with E-state index in [0.29, 0.717) is 0 Å². The van der Waals surface area contributed by atoms with Crippen molar-refractivity contribution in [2.75, 3.05) is 5.73 Å². The number of benzene rings is 2. The third-order valence-corrected chi connectivity index (χ3v) is 3.78. The lowest BCUT2D eigenvalue weighted by Gasteiger charge is -1.99. The Labute approximate surface area is 118 Å². The van der Waals surface area contributed by atoms with Crippen molar-refractivity contribution in [3.05, 3.63) is 58.9 Å². The summed E-state index contributed by atoms with van der Waals surface area (Å²) in [6.45, 7) is 4.25. The molecule has 1 heterocycles. The molecule has 2 aromatic carbocycles. The summed E-state index contributed by atoms with van der Waals surface area (Å²) in [5.41, 5.74) is 12.6. The van der Waals surface area contributed by atoms with Crippen LogP contribution in [0.1, 0.15) is 22.5 Å². The maximum Gasteiger partial charge on any atom is 0.107 e. The Morgan fingerprint density at radius 3 is 2.45 bits per heavy atom. The minimum Gasteiger partial charge on any atom is -0.399 e. The van der Waals surface area contributed by atoms with Gasteiger partial charge in [0.1, 0.15) is 5.82 Å². The number of hydrogen-bond acceptors (Lipinski definition) is 2. The van der Waals surface area contributed by atoms with Crippen molar-refractivity contribution in [1.82, 2.24) is 9.97 Å². The van der Waals surface area contributed by atoms with Crippen molar-refractivity contribution in [3.8, 4) is 0 Å². The van der Waals surface area contributed by atoms with Crippen LogP contribution in [0.25, 0.3) is 11.0 Å². The zero-order valence-corrected chi connectivity index (χ0v) is 11.9. The average Bonchev–Trinajstić information content (AvgIpc) is 2.80. The van der Waals surface area contributed by atoms with Crippen molar-refractivity contribution in [1.29, 1.82) is 0 Å². The Morgan fingerprint density at radius 1 is 1.00 bits per heavy atom. The molecule has 0 aliphatic carbocycles. The number of fused-ring (bicyclic) bond motifs is 1. The molecule has 0 saturated carbocycles. The normalized spacial score (nSPS) is 11.1. The summed E-state index contributed by atoms with van der Waals surface area (Å²) >= 11 is 0. The van der Waals surface area contributed by atoms with Crippen molar-refractivity contribution >= 4 is 16.7 Å². The molecule has 0 radical (unpaired) electrons. The van der Waals surface area contributed by atoms with Gasteiger partial charge >= 0.3 is 0 Å². The first kappa shape index (κ1) is 12.7. The number of hydrogen-bond donors (Lipinski definition) is 2. The van der Waals surface area contributed by atoms with Gasteiger partial charge in [-0.15, -0.1) is 0 Å². The molecule has 0 atom stereocenters. The third-order valence-electron chi connectivity index (χ3n) is 3.78. The van der Waals surface area contributed by atoms with E-state index in [9.17, 15) is 0 Å². The number of anilines is 1. The predicted molar refractivity (Wildman–Crippen MR) is 83.8 cm³/mol. The van der Waals surface area contributed by atoms with Crippen LogP contribution in [0.4, 0.5) is 5.69 Å². The average molecular weight is 265 g/mol. The predicted octanol–water partition coefficient (Wildman–Crippen LogP) is 3.55. The van der Waals surface area contributed by atoms with Crippen LogP contribution in [0.15, 0.2) is 36.4 Å². The second-order valence-corrected chi connectivity index (χ2v) is 5.38. The minimum atomic E-state index is 0.809. The van der Waals surface area contributed by atoms with Gasteiger partial charge in [-0.2, -0.15) is 0 Å². The number of aryl methyl sites for hydroxylation is 4. The smallest absolute Gasteiger partial charge is 0.107 e. The van der Waals surface area contributed by atoms with E-state index in [1.165, 1.54) is 16.7 Å². The van der Waals surface area contributed by atoms with E-state index in [0.717, 1.165) is 35.4 Å². The SMILES string of the molecule is Cc1cc2nc(CCc3ccc(N)cc3)[nH]c2cc1C. The molecule has 3 nitrogen and oxygen atoms in total. The minimum absolute atomic E-state index is 0.809. The van der Waals surface area contributed by atoms with Gasteiger partial charge in [-0.3, -0.25) is 0 Å². The number of H-pyrrole nitrogens is 1. The first-order chi connectivity index (χ1) is 9.61. The largest absolute Gasteiger partial charge is 0.399 e. The lowest BCUT2D eigenvalue weighted by Crippen LogP contribution is -1.94. The van der Waals surface area contributed by atoms with Crippen molar-refractivity contribution in [2.45, 2.75) is 26.7 Å². The summed E-state index contributed by atoms with van der Waals surface area (Å²) in [4.78, 5) is 8.08. The number of rotatable bonds is 3. The number of nitrogens with zero attached hydrogens (tertiary/aromatic N) is 1. The molecular formula is C17H19N3. The first-order valence-electron chi connectivity index (χ1n) is 6.92. The van der Waals surface area contributed by atoms with Crippen LogP contribution in [0.5, 0.6) is 0 Å². The van der Waals surface area contributed by atoms with Gasteiger partial charge in [0, 0.05) is 12.1 Å². The molecule has 0 aliphatic rings. The van der Waals surface area contributed by atoms with E-state index in [1.807, 2.05) is 12.1 Å². The first-order valence-corrected chi connectivity index (χ1v) is 6.92. The lowest BCUT2D eigenvalue weighted by molar-refractivity contribution is 0.890. The van der Waals surface area contributed by atoms with Gasteiger partial charge in [0.2, 0.25) is 0 Å². The molecule has 1 aromatic heterocycles. The zero-order valence-electron chi connectivity index (χ0n) is 11.9. The van der Waals surface area contributed by atoms with Gasteiger partial charge in [-0.1, -0.05) is 12.1 Å². The fourth-order valence-corrected chi connectivity index (χ4v) is 2.39. The van der Waals surface area contributed by atoms with E-state index in [4.69, 9.17) is 5.73 Å². The monoisotopic (exact) mass is 265 g/mol. The fraction of sp³-hybridized carbons (Fsp3) is 0.235. The van der Waals surface area contributed by atoms with Crippen LogP contribution in [0.2, 0.25) is 0 Å². The van der Waals surface area contributed by atoms with Crippen LogP contribution in [0.3, 0.4) is 0 Å². The maximum atomic E-state index is 5.69. The molecule has 3 N–H and O–H groups in total. The third kappa shape index (κ3) is 2.52. The molecule has 3 heteroatoms. The molecule has 3 rings (SSSR count). The maximum absolute atomic E-state index is 5.69. The van der Waals surface area contributed by atoms with E-state index in [-0.39, 0.29) is 0 Å². The molecule has 0 bridgehead atoms. The van der Waals surface area contributed by atoms with Crippen LogP contribution in [-0.2, 0) is 12.8 Å². The number of nitrogen functional groups attached to an aromatic ring is 1. The van der Waals surface area contributed by atoms with Gasteiger partial charge < -0.3 is 10.7 Å². The van der Waals surface area contributed by atoms with Crippen LogP contribution in [-0.4, -0.2) is 9.97 Å². The quantitative estimate of drug-likeness (QED) is 0.712.